The molecule has 4 aliphatic rings. The molecule has 48 heavy (non-hydrogen) atoms. The average Bonchev–Trinajstić information content (AvgIpc) is 3.47. The van der Waals surface area contributed by atoms with Crippen molar-refractivity contribution in [1.82, 2.24) is 10.2 Å². The quantitative estimate of drug-likeness (QED) is 0.357. The van der Waals surface area contributed by atoms with Gasteiger partial charge in [0, 0.05) is 18.7 Å². The van der Waals surface area contributed by atoms with Crippen molar-refractivity contribution in [2.75, 3.05) is 24.7 Å². The lowest BCUT2D eigenvalue weighted by Crippen LogP contribution is -2.59. The molecule has 0 unspecified atom stereocenters. The number of cyclic esters (lactones) is 1. The number of anilines is 1. The number of hydrogen-bond donors (Lipinski definition) is 2. The van der Waals surface area contributed by atoms with Crippen molar-refractivity contribution in [2.24, 2.45) is 17.8 Å². The van der Waals surface area contributed by atoms with E-state index in [1.807, 2.05) is 88.4 Å². The Labute approximate surface area is 281 Å². The van der Waals surface area contributed by atoms with Gasteiger partial charge in [0.05, 0.1) is 36.6 Å². The summed E-state index contributed by atoms with van der Waals surface area (Å²) in [5.74, 6) is -3.72. The normalized spacial score (nSPS) is 31.0. The van der Waals surface area contributed by atoms with E-state index < -0.39 is 53.5 Å². The molecule has 2 N–H and O–H groups in total. The Bertz CT molecular complexity index is 1600. The zero-order valence-electron chi connectivity index (χ0n) is 28.0. The van der Waals surface area contributed by atoms with Gasteiger partial charge in [-0.05, 0) is 42.9 Å². The van der Waals surface area contributed by atoms with Gasteiger partial charge < -0.3 is 29.7 Å². The lowest BCUT2D eigenvalue weighted by atomic mass is 9.77. The molecule has 8 atom stereocenters. The van der Waals surface area contributed by atoms with Crippen molar-refractivity contribution < 1.29 is 33.8 Å². The molecule has 0 radical (unpaired) electrons. The minimum Gasteiger partial charge on any atom is -0.463 e. The highest BCUT2D eigenvalue weighted by Gasteiger charge is 2.72. The lowest BCUT2D eigenvalue weighted by Gasteiger charge is -2.40. The third-order valence-electron chi connectivity index (χ3n) is 10.6. The average molecular weight is 656 g/mol. The number of carbonyl (C=O) groups is 4. The number of nitrogens with zero attached hydrogens (tertiary/aromatic N) is 2. The van der Waals surface area contributed by atoms with Crippen molar-refractivity contribution in [2.45, 2.75) is 76.8 Å². The number of nitrogens with one attached hydrogen (secondary N) is 1. The van der Waals surface area contributed by atoms with Crippen LogP contribution in [0.2, 0.25) is 0 Å². The summed E-state index contributed by atoms with van der Waals surface area (Å²) in [7, 11) is 0. The Hall–Kier alpha value is -4.28. The van der Waals surface area contributed by atoms with Crippen LogP contribution in [0.1, 0.15) is 55.8 Å². The Morgan fingerprint density at radius 2 is 1.73 bits per heavy atom. The van der Waals surface area contributed by atoms with Crippen LogP contribution in [0.25, 0.3) is 0 Å². The first-order valence-electron chi connectivity index (χ1n) is 17.0. The molecule has 3 amide bonds. The summed E-state index contributed by atoms with van der Waals surface area (Å²) in [5.41, 5.74) is 1.87. The number of aliphatic hydroxyl groups is 1. The summed E-state index contributed by atoms with van der Waals surface area (Å²) >= 11 is 0. The second kappa shape index (κ2) is 13.7. The summed E-state index contributed by atoms with van der Waals surface area (Å²) in [5, 5.41) is 13.8. The molecule has 4 heterocycles. The topological polar surface area (TPSA) is 125 Å². The van der Waals surface area contributed by atoms with Crippen LogP contribution in [0.5, 0.6) is 0 Å². The highest BCUT2D eigenvalue weighted by atomic mass is 16.5. The second-order valence-corrected chi connectivity index (χ2v) is 13.4. The van der Waals surface area contributed by atoms with Crippen LogP contribution < -0.4 is 10.2 Å². The number of benzene rings is 2. The first kappa shape index (κ1) is 33.6. The number of para-hydroxylation sites is 1. The fraction of sp³-hybridized carbons (Fsp3) is 0.474. The van der Waals surface area contributed by atoms with Gasteiger partial charge in [0.2, 0.25) is 11.8 Å². The molecule has 2 fully saturated rings. The highest BCUT2D eigenvalue weighted by molar-refractivity contribution is 6.06. The second-order valence-electron chi connectivity index (χ2n) is 13.4. The zero-order chi connectivity index (χ0) is 34.2. The van der Waals surface area contributed by atoms with Crippen molar-refractivity contribution in [3.05, 3.63) is 89.5 Å². The van der Waals surface area contributed by atoms with Gasteiger partial charge in [0.15, 0.2) is 0 Å². The molecule has 0 saturated carbocycles. The zero-order valence-corrected chi connectivity index (χ0v) is 28.0. The Morgan fingerprint density at radius 1 is 1.00 bits per heavy atom. The van der Waals surface area contributed by atoms with Crippen LogP contribution in [0.4, 0.5) is 5.69 Å². The molecular formula is C38H45N3O7. The lowest BCUT2D eigenvalue weighted by molar-refractivity contribution is -0.147. The third-order valence-corrected chi connectivity index (χ3v) is 10.6. The van der Waals surface area contributed by atoms with Crippen molar-refractivity contribution in [3.8, 4) is 0 Å². The molecule has 1 spiro atoms. The smallest absolute Gasteiger partial charge is 0.306 e. The van der Waals surface area contributed by atoms with E-state index in [1.165, 1.54) is 4.90 Å². The summed E-state index contributed by atoms with van der Waals surface area (Å²) in [6.07, 6.45) is 7.50. The molecule has 2 aromatic carbocycles. The largest absolute Gasteiger partial charge is 0.463 e. The minimum atomic E-state index is -1.48. The summed E-state index contributed by atoms with van der Waals surface area (Å²) < 4.78 is 12.4. The Kier molecular flexibility index (Phi) is 9.58. The fourth-order valence-electron chi connectivity index (χ4n) is 7.98. The monoisotopic (exact) mass is 655 g/mol. The van der Waals surface area contributed by atoms with E-state index >= 15 is 4.79 Å². The number of fused-ring (bicyclic) bond motifs is 2. The summed E-state index contributed by atoms with van der Waals surface area (Å²) in [6, 6.07) is 12.6. The number of esters is 1. The van der Waals surface area contributed by atoms with E-state index in [2.05, 4.69) is 5.32 Å². The van der Waals surface area contributed by atoms with E-state index in [1.54, 1.807) is 17.1 Å². The molecular weight excluding hydrogens is 610 g/mol. The number of likely N-dealkylation sites (tertiary alicyclic amines) is 1. The summed E-state index contributed by atoms with van der Waals surface area (Å²) in [4.78, 5) is 60.2. The van der Waals surface area contributed by atoms with Crippen LogP contribution in [-0.4, -0.2) is 77.2 Å². The maximum atomic E-state index is 15.0. The number of rotatable bonds is 6. The van der Waals surface area contributed by atoms with E-state index in [-0.39, 0.29) is 44.0 Å². The maximum Gasteiger partial charge on any atom is 0.306 e. The number of allylic oxidation sites excluding steroid dienone is 1. The van der Waals surface area contributed by atoms with Crippen LogP contribution in [0.3, 0.4) is 0 Å². The molecule has 2 saturated heterocycles. The van der Waals surface area contributed by atoms with Crippen LogP contribution in [-0.2, 0) is 28.7 Å². The first-order valence-corrected chi connectivity index (χ1v) is 17.0. The number of aliphatic hydroxyl groups excluding tert-OH is 1. The van der Waals surface area contributed by atoms with Crippen LogP contribution >= 0.6 is 0 Å². The number of ether oxygens (including phenoxy) is 2. The molecule has 10 nitrogen and oxygen atoms in total. The molecule has 254 valence electrons. The van der Waals surface area contributed by atoms with E-state index in [9.17, 15) is 19.5 Å². The number of amides is 3. The van der Waals surface area contributed by atoms with Gasteiger partial charge in [-0.1, -0.05) is 93.1 Å². The predicted octanol–water partition coefficient (Wildman–Crippen LogP) is 3.94. The maximum absolute atomic E-state index is 15.0. The Balaban J connectivity index is 1.49. The molecule has 10 heteroatoms. The van der Waals surface area contributed by atoms with Crippen LogP contribution in [0, 0.1) is 31.6 Å². The first-order chi connectivity index (χ1) is 23.1. The molecule has 0 aliphatic carbocycles. The fourth-order valence-corrected chi connectivity index (χ4v) is 7.98. The van der Waals surface area contributed by atoms with Crippen molar-refractivity contribution in [1.29, 1.82) is 0 Å². The summed E-state index contributed by atoms with van der Waals surface area (Å²) in [6.45, 7) is 7.68. The minimum absolute atomic E-state index is 0.0707. The molecule has 2 aromatic rings. The molecule has 4 aliphatic heterocycles. The standard InChI is InChI=1S/C38H45N3O7/c1-5-23(2)28(21-42)41-34-37(46)40(33-24(3)13-11-14-25(33)4)20-12-19-38(34)32(36(41)45)31-29(48-38)17-9-10-18-30(43)47-22-27(39-35(31)44)26-15-7-6-8-16-26/h6-9,11-17,19,23,27-29,31-32,34,42H,5,10,18,20-22H2,1-4H3,(H,39,44)/b17-9-/t23-,27-,28-,29+,31-,32-,34+,38-/m0/s1. The molecule has 0 aromatic heterocycles. The van der Waals surface area contributed by atoms with Crippen molar-refractivity contribution in [3.63, 3.8) is 0 Å². The third kappa shape index (κ3) is 5.75. The number of aryl methyl sites for hydroxylation is 2. The number of carbonyl (C=O) groups excluding carboxylic acids is 4. The molecule has 0 bridgehead atoms. The van der Waals surface area contributed by atoms with Crippen molar-refractivity contribution >= 4 is 29.4 Å². The van der Waals surface area contributed by atoms with Gasteiger partial charge in [-0.15, -0.1) is 0 Å². The van der Waals surface area contributed by atoms with E-state index in [4.69, 9.17) is 9.47 Å². The number of hydrogen-bond acceptors (Lipinski definition) is 7. The van der Waals surface area contributed by atoms with Gasteiger partial charge in [-0.25, -0.2) is 0 Å². The van der Waals surface area contributed by atoms with Gasteiger partial charge in [-0.3, -0.25) is 19.2 Å². The SMILES string of the molecule is CC[C@H](C)[C@H](CO)N1C(=O)[C@@H]2[C@H]3C(=O)N[C@H](c4ccccc4)COC(=O)CC/C=C\[C@H]3O[C@@]23C=CCN(c2c(C)cccc2C)C(=O)[C@@H]13. The van der Waals surface area contributed by atoms with Crippen LogP contribution in [0.15, 0.2) is 72.8 Å². The highest BCUT2D eigenvalue weighted by Crippen LogP contribution is 2.54. The predicted molar refractivity (Wildman–Crippen MR) is 180 cm³/mol. The van der Waals surface area contributed by atoms with Gasteiger partial charge in [0.1, 0.15) is 18.2 Å². The van der Waals surface area contributed by atoms with E-state index in [0.717, 1.165) is 22.4 Å². The van der Waals surface area contributed by atoms with Gasteiger partial charge >= 0.3 is 5.97 Å². The van der Waals surface area contributed by atoms with E-state index in [0.29, 0.717) is 12.8 Å². The van der Waals surface area contributed by atoms with Gasteiger partial charge in [0.25, 0.3) is 5.91 Å². The molecule has 6 rings (SSSR count). The van der Waals surface area contributed by atoms with Gasteiger partial charge in [-0.2, -0.15) is 0 Å². The Morgan fingerprint density at radius 3 is 2.42 bits per heavy atom.